The van der Waals surface area contributed by atoms with E-state index in [4.69, 9.17) is 14.4 Å². The summed E-state index contributed by atoms with van der Waals surface area (Å²) >= 11 is 0. The monoisotopic (exact) mass is 270 g/mol. The summed E-state index contributed by atoms with van der Waals surface area (Å²) in [6, 6.07) is 0. The normalized spacial score (nSPS) is 15.2. The topological polar surface area (TPSA) is 85.5 Å². The van der Waals surface area contributed by atoms with Crippen molar-refractivity contribution in [1.82, 2.24) is 10.1 Å². The van der Waals surface area contributed by atoms with Crippen molar-refractivity contribution in [3.63, 3.8) is 0 Å². The SMILES string of the molecule is CCC(CC)(OC)c1noc(C(C)C(C)C(=O)O)n1. The van der Waals surface area contributed by atoms with E-state index >= 15 is 0 Å². The molecule has 1 N–H and O–H groups in total. The second kappa shape index (κ2) is 6.14. The van der Waals surface area contributed by atoms with Crippen molar-refractivity contribution in [2.75, 3.05) is 7.11 Å². The fourth-order valence-electron chi connectivity index (χ4n) is 1.98. The summed E-state index contributed by atoms with van der Waals surface area (Å²) < 4.78 is 10.7. The van der Waals surface area contributed by atoms with E-state index < -0.39 is 17.5 Å². The predicted octanol–water partition coefficient (Wildman–Crippen LogP) is 2.56. The van der Waals surface area contributed by atoms with Crippen LogP contribution in [0, 0.1) is 5.92 Å². The average molecular weight is 270 g/mol. The molecule has 1 heterocycles. The van der Waals surface area contributed by atoms with E-state index in [-0.39, 0.29) is 5.92 Å². The molecule has 0 aromatic carbocycles. The van der Waals surface area contributed by atoms with Crippen LogP contribution >= 0.6 is 0 Å². The van der Waals surface area contributed by atoms with Gasteiger partial charge in [-0.2, -0.15) is 4.98 Å². The van der Waals surface area contributed by atoms with Crippen LogP contribution < -0.4 is 0 Å². The lowest BCUT2D eigenvalue weighted by molar-refractivity contribution is -0.141. The standard InChI is InChI=1S/C13H22N2O4/c1-6-13(7-2,18-5)12-14-10(19-15-12)8(3)9(4)11(16)17/h8-9H,6-7H2,1-5H3,(H,16,17). The first-order valence-corrected chi connectivity index (χ1v) is 6.53. The molecule has 0 spiro atoms. The summed E-state index contributed by atoms with van der Waals surface area (Å²) in [7, 11) is 1.62. The smallest absolute Gasteiger partial charge is 0.307 e. The summed E-state index contributed by atoms with van der Waals surface area (Å²) in [6.45, 7) is 7.38. The third-order valence-electron chi connectivity index (χ3n) is 3.91. The Bertz CT molecular complexity index is 418. The van der Waals surface area contributed by atoms with Crippen LogP contribution in [-0.2, 0) is 15.1 Å². The minimum absolute atomic E-state index is 0.331. The van der Waals surface area contributed by atoms with Crippen LogP contribution in [0.15, 0.2) is 4.52 Å². The average Bonchev–Trinajstić information content (AvgIpc) is 2.90. The number of hydrogen-bond acceptors (Lipinski definition) is 5. The second-order valence-electron chi connectivity index (χ2n) is 4.78. The van der Waals surface area contributed by atoms with Gasteiger partial charge in [0, 0.05) is 13.0 Å². The zero-order valence-electron chi connectivity index (χ0n) is 12.1. The lowest BCUT2D eigenvalue weighted by atomic mass is 9.95. The van der Waals surface area contributed by atoms with Gasteiger partial charge in [0.25, 0.3) is 0 Å². The Morgan fingerprint density at radius 2 is 2.00 bits per heavy atom. The minimum Gasteiger partial charge on any atom is -0.481 e. The minimum atomic E-state index is -0.878. The van der Waals surface area contributed by atoms with Crippen molar-refractivity contribution >= 4 is 5.97 Å². The molecule has 0 aliphatic carbocycles. The molecule has 1 rings (SSSR count). The number of carboxylic acid groups (broad SMARTS) is 1. The quantitative estimate of drug-likeness (QED) is 0.819. The molecule has 0 saturated heterocycles. The van der Waals surface area contributed by atoms with E-state index in [0.29, 0.717) is 11.7 Å². The lowest BCUT2D eigenvalue weighted by Gasteiger charge is -2.26. The highest BCUT2D eigenvalue weighted by Crippen LogP contribution is 2.32. The van der Waals surface area contributed by atoms with Crippen LogP contribution in [0.2, 0.25) is 0 Å². The van der Waals surface area contributed by atoms with Crippen LogP contribution in [0.1, 0.15) is 58.2 Å². The maximum absolute atomic E-state index is 11.0. The van der Waals surface area contributed by atoms with Gasteiger partial charge in [-0.1, -0.05) is 32.9 Å². The number of ether oxygens (including phenoxy) is 1. The summed E-state index contributed by atoms with van der Waals surface area (Å²) in [4.78, 5) is 15.3. The number of carboxylic acids is 1. The molecular formula is C13H22N2O4. The van der Waals surface area contributed by atoms with Crippen LogP contribution in [0.4, 0.5) is 0 Å². The number of hydrogen-bond donors (Lipinski definition) is 1. The Labute approximate surface area is 113 Å². The Hall–Kier alpha value is -1.43. The van der Waals surface area contributed by atoms with Crippen LogP contribution in [0.3, 0.4) is 0 Å². The zero-order chi connectivity index (χ0) is 14.6. The van der Waals surface area contributed by atoms with E-state index in [1.165, 1.54) is 0 Å². The van der Waals surface area contributed by atoms with Crippen molar-refractivity contribution in [2.24, 2.45) is 5.92 Å². The molecule has 0 bridgehead atoms. The molecular weight excluding hydrogens is 248 g/mol. The number of rotatable bonds is 7. The maximum Gasteiger partial charge on any atom is 0.307 e. The van der Waals surface area contributed by atoms with Gasteiger partial charge in [-0.3, -0.25) is 4.79 Å². The molecule has 6 nitrogen and oxygen atoms in total. The van der Waals surface area contributed by atoms with E-state index in [2.05, 4.69) is 10.1 Å². The van der Waals surface area contributed by atoms with Gasteiger partial charge in [0.1, 0.15) is 5.60 Å². The van der Waals surface area contributed by atoms with Gasteiger partial charge in [-0.05, 0) is 12.8 Å². The van der Waals surface area contributed by atoms with Gasteiger partial charge in [0.05, 0.1) is 5.92 Å². The molecule has 0 amide bonds. The molecule has 0 fully saturated rings. The first-order valence-electron chi connectivity index (χ1n) is 6.53. The Morgan fingerprint density at radius 1 is 1.42 bits per heavy atom. The molecule has 0 radical (unpaired) electrons. The Morgan fingerprint density at radius 3 is 2.42 bits per heavy atom. The van der Waals surface area contributed by atoms with E-state index in [9.17, 15) is 4.79 Å². The summed E-state index contributed by atoms with van der Waals surface area (Å²) in [6.07, 6.45) is 1.45. The Balaban J connectivity index is 3.02. The van der Waals surface area contributed by atoms with Gasteiger partial charge >= 0.3 is 5.97 Å². The van der Waals surface area contributed by atoms with Crippen LogP contribution in [0.25, 0.3) is 0 Å². The van der Waals surface area contributed by atoms with E-state index in [1.54, 1.807) is 21.0 Å². The van der Waals surface area contributed by atoms with E-state index in [1.807, 2.05) is 13.8 Å². The summed E-state index contributed by atoms with van der Waals surface area (Å²) in [5, 5.41) is 13.0. The summed E-state index contributed by atoms with van der Waals surface area (Å²) in [5.41, 5.74) is -0.562. The number of carbonyl (C=O) groups is 1. The lowest BCUT2D eigenvalue weighted by Crippen LogP contribution is -2.28. The highest BCUT2D eigenvalue weighted by Gasteiger charge is 2.35. The highest BCUT2D eigenvalue weighted by atomic mass is 16.5. The van der Waals surface area contributed by atoms with Gasteiger partial charge in [-0.15, -0.1) is 0 Å². The fraction of sp³-hybridized carbons (Fsp3) is 0.769. The third kappa shape index (κ3) is 2.94. The van der Waals surface area contributed by atoms with Crippen molar-refractivity contribution < 1.29 is 19.2 Å². The molecule has 2 unspecified atom stereocenters. The van der Waals surface area contributed by atoms with Crippen molar-refractivity contribution in [2.45, 2.75) is 52.1 Å². The van der Waals surface area contributed by atoms with Gasteiger partial charge in [0.15, 0.2) is 0 Å². The number of aliphatic carboxylic acids is 1. The first kappa shape index (κ1) is 15.6. The molecule has 19 heavy (non-hydrogen) atoms. The third-order valence-corrected chi connectivity index (χ3v) is 3.91. The van der Waals surface area contributed by atoms with E-state index in [0.717, 1.165) is 12.8 Å². The largest absolute Gasteiger partial charge is 0.481 e. The van der Waals surface area contributed by atoms with Crippen LogP contribution in [0.5, 0.6) is 0 Å². The first-order chi connectivity index (χ1) is 8.91. The molecule has 0 aliphatic heterocycles. The highest BCUT2D eigenvalue weighted by molar-refractivity contribution is 5.70. The molecule has 1 aromatic rings. The maximum atomic E-state index is 11.0. The zero-order valence-corrected chi connectivity index (χ0v) is 12.1. The fourth-order valence-corrected chi connectivity index (χ4v) is 1.98. The molecule has 1 aromatic heterocycles. The van der Waals surface area contributed by atoms with Crippen molar-refractivity contribution in [1.29, 1.82) is 0 Å². The van der Waals surface area contributed by atoms with Gasteiger partial charge in [-0.25, -0.2) is 0 Å². The summed E-state index contributed by atoms with van der Waals surface area (Å²) in [5.74, 6) is -0.959. The molecule has 0 saturated carbocycles. The van der Waals surface area contributed by atoms with Crippen molar-refractivity contribution in [3.05, 3.63) is 11.7 Å². The predicted molar refractivity (Wildman–Crippen MR) is 68.8 cm³/mol. The van der Waals surface area contributed by atoms with Gasteiger partial charge < -0.3 is 14.4 Å². The number of aromatic nitrogens is 2. The number of nitrogens with zero attached hydrogens (tertiary/aromatic N) is 2. The molecule has 108 valence electrons. The van der Waals surface area contributed by atoms with Crippen molar-refractivity contribution in [3.8, 4) is 0 Å². The van der Waals surface area contributed by atoms with Gasteiger partial charge in [0.2, 0.25) is 11.7 Å². The Kier molecular flexibility index (Phi) is 5.05. The van der Waals surface area contributed by atoms with Crippen LogP contribution in [-0.4, -0.2) is 28.3 Å². The molecule has 0 aliphatic rings. The number of methoxy groups -OCH3 is 1. The second-order valence-corrected chi connectivity index (χ2v) is 4.78. The molecule has 2 atom stereocenters. The molecule has 6 heteroatoms.